The van der Waals surface area contributed by atoms with Crippen LogP contribution < -0.4 is 5.32 Å². The molecule has 0 unspecified atom stereocenters. The predicted molar refractivity (Wildman–Crippen MR) is 63.8 cm³/mol. The maximum absolute atomic E-state index is 11.8. The second kappa shape index (κ2) is 5.19. The Balaban J connectivity index is 2.17. The van der Waals surface area contributed by atoms with Crippen molar-refractivity contribution in [3.63, 3.8) is 0 Å². The van der Waals surface area contributed by atoms with Crippen molar-refractivity contribution in [2.45, 2.75) is 12.8 Å². The van der Waals surface area contributed by atoms with Crippen LogP contribution in [0.2, 0.25) is 0 Å². The van der Waals surface area contributed by atoms with Crippen LogP contribution in [-0.2, 0) is 9.53 Å². The van der Waals surface area contributed by atoms with Gasteiger partial charge in [-0.2, -0.15) is 0 Å². The van der Waals surface area contributed by atoms with Crippen LogP contribution in [0.15, 0.2) is 24.3 Å². The van der Waals surface area contributed by atoms with E-state index in [1.807, 2.05) is 13.0 Å². The normalized spacial score (nSPS) is 23.6. The summed E-state index contributed by atoms with van der Waals surface area (Å²) in [6, 6.07) is 7.07. The van der Waals surface area contributed by atoms with Crippen LogP contribution in [0, 0.1) is 5.92 Å². The molecule has 0 saturated carbocycles. The molecule has 1 saturated heterocycles. The molecule has 1 aliphatic heterocycles. The number of ether oxygens (including phenoxy) is 1. The number of aromatic hydroxyl groups is 1. The summed E-state index contributed by atoms with van der Waals surface area (Å²) in [4.78, 5) is 11.8. The van der Waals surface area contributed by atoms with Crippen LogP contribution in [0.4, 0.5) is 0 Å². The monoisotopic (exact) mass is 235 g/mol. The number of nitrogens with one attached hydrogen (secondary N) is 1. The number of esters is 1. The third-order valence-electron chi connectivity index (χ3n) is 3.10. The standard InChI is InChI=1S/C13H17NO3/c1-2-17-13(16)12-8-14-7-11(12)9-4-3-5-10(15)6-9/h3-6,11-12,14-15H,2,7-8H2,1H3/t11-,12-/m1/s1. The molecule has 0 bridgehead atoms. The highest BCUT2D eigenvalue weighted by Crippen LogP contribution is 2.30. The molecule has 0 radical (unpaired) electrons. The van der Waals surface area contributed by atoms with Crippen molar-refractivity contribution < 1.29 is 14.6 Å². The number of benzene rings is 1. The molecule has 1 aromatic carbocycles. The molecule has 4 nitrogen and oxygen atoms in total. The zero-order valence-corrected chi connectivity index (χ0v) is 9.85. The first kappa shape index (κ1) is 11.9. The van der Waals surface area contributed by atoms with E-state index in [1.54, 1.807) is 18.2 Å². The van der Waals surface area contributed by atoms with Crippen molar-refractivity contribution in [1.82, 2.24) is 5.32 Å². The lowest BCUT2D eigenvalue weighted by Gasteiger charge is -2.17. The lowest BCUT2D eigenvalue weighted by Crippen LogP contribution is -2.24. The van der Waals surface area contributed by atoms with E-state index >= 15 is 0 Å². The first-order valence-electron chi connectivity index (χ1n) is 5.88. The molecule has 2 atom stereocenters. The van der Waals surface area contributed by atoms with Gasteiger partial charge in [0.15, 0.2) is 0 Å². The molecule has 0 amide bonds. The Morgan fingerprint density at radius 3 is 3.06 bits per heavy atom. The molecule has 1 fully saturated rings. The van der Waals surface area contributed by atoms with Gasteiger partial charge in [-0.05, 0) is 24.6 Å². The van der Waals surface area contributed by atoms with E-state index in [0.29, 0.717) is 13.2 Å². The van der Waals surface area contributed by atoms with Crippen LogP contribution in [0.1, 0.15) is 18.4 Å². The van der Waals surface area contributed by atoms with E-state index in [0.717, 1.165) is 12.1 Å². The van der Waals surface area contributed by atoms with Gasteiger partial charge in [0.25, 0.3) is 0 Å². The summed E-state index contributed by atoms with van der Waals surface area (Å²) < 4.78 is 5.07. The molecule has 0 spiro atoms. The zero-order valence-electron chi connectivity index (χ0n) is 9.85. The summed E-state index contributed by atoms with van der Waals surface area (Å²) in [5, 5.41) is 12.7. The minimum absolute atomic E-state index is 0.0844. The molecule has 92 valence electrons. The molecular formula is C13H17NO3. The van der Waals surface area contributed by atoms with E-state index in [1.165, 1.54) is 0 Å². The van der Waals surface area contributed by atoms with Gasteiger partial charge in [0.1, 0.15) is 5.75 Å². The quantitative estimate of drug-likeness (QED) is 0.774. The fourth-order valence-corrected chi connectivity index (χ4v) is 2.28. The SMILES string of the molecule is CCOC(=O)[C@@H]1CNC[C@@H]1c1cccc(O)c1. The third kappa shape index (κ3) is 2.58. The van der Waals surface area contributed by atoms with Crippen LogP contribution in [0.3, 0.4) is 0 Å². The molecular weight excluding hydrogens is 218 g/mol. The lowest BCUT2D eigenvalue weighted by molar-refractivity contribution is -0.147. The van der Waals surface area contributed by atoms with Crippen molar-refractivity contribution in [3.05, 3.63) is 29.8 Å². The Bertz CT molecular complexity index is 405. The van der Waals surface area contributed by atoms with E-state index in [-0.39, 0.29) is 23.6 Å². The average Bonchev–Trinajstić information content (AvgIpc) is 2.78. The first-order chi connectivity index (χ1) is 8.22. The largest absolute Gasteiger partial charge is 0.508 e. The summed E-state index contributed by atoms with van der Waals surface area (Å²) in [5.74, 6) is 0.000696. The molecule has 0 aromatic heterocycles. The fourth-order valence-electron chi connectivity index (χ4n) is 2.28. The highest BCUT2D eigenvalue weighted by atomic mass is 16.5. The molecule has 4 heteroatoms. The number of hydrogen-bond donors (Lipinski definition) is 2. The van der Waals surface area contributed by atoms with E-state index in [2.05, 4.69) is 5.32 Å². The minimum atomic E-state index is -0.161. The van der Waals surface area contributed by atoms with Crippen LogP contribution in [-0.4, -0.2) is 30.8 Å². The summed E-state index contributed by atoms with van der Waals surface area (Å²) >= 11 is 0. The second-order valence-corrected chi connectivity index (χ2v) is 4.22. The van der Waals surface area contributed by atoms with Crippen molar-refractivity contribution in [2.75, 3.05) is 19.7 Å². The number of carbonyl (C=O) groups is 1. The Labute approximate surface area is 101 Å². The molecule has 17 heavy (non-hydrogen) atoms. The molecule has 1 aliphatic rings. The summed E-state index contributed by atoms with van der Waals surface area (Å²) in [6.45, 7) is 3.60. The molecule has 0 aliphatic carbocycles. The van der Waals surface area contributed by atoms with Gasteiger partial charge in [-0.1, -0.05) is 12.1 Å². The average molecular weight is 235 g/mol. The van der Waals surface area contributed by atoms with Crippen LogP contribution in [0.25, 0.3) is 0 Å². The molecule has 2 N–H and O–H groups in total. The Hall–Kier alpha value is -1.55. The Morgan fingerprint density at radius 1 is 1.53 bits per heavy atom. The summed E-state index contributed by atoms with van der Waals surface area (Å²) in [6.07, 6.45) is 0. The fraction of sp³-hybridized carbons (Fsp3) is 0.462. The zero-order chi connectivity index (χ0) is 12.3. The maximum atomic E-state index is 11.8. The Kier molecular flexibility index (Phi) is 3.64. The van der Waals surface area contributed by atoms with Crippen LogP contribution in [0.5, 0.6) is 5.75 Å². The smallest absolute Gasteiger partial charge is 0.310 e. The van der Waals surface area contributed by atoms with Gasteiger partial charge in [0.05, 0.1) is 12.5 Å². The minimum Gasteiger partial charge on any atom is -0.508 e. The number of rotatable bonds is 3. The third-order valence-corrected chi connectivity index (χ3v) is 3.10. The molecule has 2 rings (SSSR count). The first-order valence-corrected chi connectivity index (χ1v) is 5.88. The van der Waals surface area contributed by atoms with Crippen molar-refractivity contribution >= 4 is 5.97 Å². The van der Waals surface area contributed by atoms with Crippen LogP contribution >= 0.6 is 0 Å². The summed E-state index contributed by atoms with van der Waals surface area (Å²) in [5.41, 5.74) is 0.980. The van der Waals surface area contributed by atoms with Gasteiger partial charge in [0, 0.05) is 19.0 Å². The van der Waals surface area contributed by atoms with Gasteiger partial charge >= 0.3 is 5.97 Å². The van der Waals surface area contributed by atoms with Crippen molar-refractivity contribution in [2.24, 2.45) is 5.92 Å². The highest BCUT2D eigenvalue weighted by molar-refractivity contribution is 5.74. The van der Waals surface area contributed by atoms with E-state index in [4.69, 9.17) is 4.74 Å². The van der Waals surface area contributed by atoms with Gasteiger partial charge in [-0.25, -0.2) is 0 Å². The molecule has 1 heterocycles. The van der Waals surface area contributed by atoms with Gasteiger partial charge in [-0.3, -0.25) is 4.79 Å². The molecule has 1 aromatic rings. The topological polar surface area (TPSA) is 58.6 Å². The lowest BCUT2D eigenvalue weighted by atomic mass is 9.89. The number of carbonyl (C=O) groups excluding carboxylic acids is 1. The predicted octanol–water partition coefficient (Wildman–Crippen LogP) is 1.26. The number of hydrogen-bond acceptors (Lipinski definition) is 4. The van der Waals surface area contributed by atoms with E-state index in [9.17, 15) is 9.90 Å². The van der Waals surface area contributed by atoms with E-state index < -0.39 is 0 Å². The van der Waals surface area contributed by atoms with Crippen molar-refractivity contribution in [1.29, 1.82) is 0 Å². The Morgan fingerprint density at radius 2 is 2.35 bits per heavy atom. The van der Waals surface area contributed by atoms with Gasteiger partial charge in [-0.15, -0.1) is 0 Å². The van der Waals surface area contributed by atoms with Gasteiger partial charge < -0.3 is 15.2 Å². The van der Waals surface area contributed by atoms with Gasteiger partial charge in [0.2, 0.25) is 0 Å². The highest BCUT2D eigenvalue weighted by Gasteiger charge is 2.35. The summed E-state index contributed by atoms with van der Waals surface area (Å²) in [7, 11) is 0. The van der Waals surface area contributed by atoms with Crippen molar-refractivity contribution in [3.8, 4) is 5.75 Å². The maximum Gasteiger partial charge on any atom is 0.310 e. The number of phenolic OH excluding ortho intramolecular Hbond substituents is 1. The number of phenols is 1. The second-order valence-electron chi connectivity index (χ2n) is 4.22.